The van der Waals surface area contributed by atoms with Crippen molar-refractivity contribution >= 4 is 11.8 Å². The Labute approximate surface area is 159 Å². The molecule has 1 aromatic heterocycles. The van der Waals surface area contributed by atoms with Crippen LogP contribution in [0.4, 0.5) is 0 Å². The number of rotatable bonds is 6. The Morgan fingerprint density at radius 2 is 2.15 bits per heavy atom. The number of ether oxygens (including phenoxy) is 1. The second kappa shape index (κ2) is 8.24. The Kier molecular flexibility index (Phi) is 5.78. The maximum absolute atomic E-state index is 12.6. The third kappa shape index (κ3) is 4.30. The molecule has 0 saturated carbocycles. The van der Waals surface area contributed by atoms with Gasteiger partial charge in [0.25, 0.3) is 11.8 Å². The summed E-state index contributed by atoms with van der Waals surface area (Å²) in [6.07, 6.45) is 0.722. The minimum atomic E-state index is -0.179. The van der Waals surface area contributed by atoms with Crippen LogP contribution in [0.15, 0.2) is 30.3 Å². The zero-order valence-corrected chi connectivity index (χ0v) is 16.0. The number of likely N-dealkylation sites (tertiary alicyclic amines) is 1. The van der Waals surface area contributed by atoms with Crippen LogP contribution in [-0.4, -0.2) is 52.6 Å². The molecule has 1 atom stereocenters. The molecule has 1 fully saturated rings. The number of nitrogens with zero attached hydrogens (tertiary/aromatic N) is 2. The van der Waals surface area contributed by atoms with Gasteiger partial charge >= 0.3 is 0 Å². The summed E-state index contributed by atoms with van der Waals surface area (Å²) in [6.45, 7) is 7.54. The number of carbonyl (C=O) groups is 2. The number of amides is 2. The third-order valence-electron chi connectivity index (χ3n) is 4.66. The maximum atomic E-state index is 12.6. The topological polar surface area (TPSA) is 87.3 Å². The van der Waals surface area contributed by atoms with E-state index in [0.717, 1.165) is 12.1 Å². The van der Waals surface area contributed by atoms with Crippen molar-refractivity contribution in [3.63, 3.8) is 0 Å². The van der Waals surface area contributed by atoms with Gasteiger partial charge in [-0.15, -0.1) is 0 Å². The Morgan fingerprint density at radius 3 is 2.85 bits per heavy atom. The Bertz CT molecular complexity index is 815. The van der Waals surface area contributed by atoms with Crippen LogP contribution in [0.2, 0.25) is 0 Å². The quantitative estimate of drug-likeness (QED) is 0.818. The number of hydrogen-bond donors (Lipinski definition) is 2. The largest absolute Gasteiger partial charge is 0.493 e. The van der Waals surface area contributed by atoms with E-state index in [4.69, 9.17) is 4.74 Å². The fraction of sp³-hybridized carbons (Fsp3) is 0.450. The van der Waals surface area contributed by atoms with Crippen LogP contribution in [0.3, 0.4) is 0 Å². The molecule has 27 heavy (non-hydrogen) atoms. The molecule has 1 aliphatic heterocycles. The highest BCUT2D eigenvalue weighted by molar-refractivity contribution is 5.97. The fourth-order valence-electron chi connectivity index (χ4n) is 3.17. The van der Waals surface area contributed by atoms with Crippen molar-refractivity contribution in [1.29, 1.82) is 0 Å². The number of para-hydroxylation sites is 1. The number of carbonyl (C=O) groups excluding carboxylic acids is 2. The lowest BCUT2D eigenvalue weighted by Gasteiger charge is -2.17. The lowest BCUT2D eigenvalue weighted by molar-refractivity contribution is 0.0777. The molecule has 7 heteroatoms. The number of nitrogens with one attached hydrogen (secondary N) is 2. The first kappa shape index (κ1) is 18.9. The Hall–Kier alpha value is -2.83. The van der Waals surface area contributed by atoms with E-state index >= 15 is 0 Å². The molecule has 7 nitrogen and oxygen atoms in total. The summed E-state index contributed by atoms with van der Waals surface area (Å²) in [5.74, 6) is 0.573. The molecule has 3 rings (SSSR count). The van der Waals surface area contributed by atoms with E-state index in [1.807, 2.05) is 32.9 Å². The average Bonchev–Trinajstić information content (AvgIpc) is 3.31. The molecule has 0 aliphatic carbocycles. The molecule has 1 saturated heterocycles. The highest BCUT2D eigenvalue weighted by atomic mass is 16.5. The van der Waals surface area contributed by atoms with E-state index in [-0.39, 0.29) is 23.8 Å². The van der Waals surface area contributed by atoms with Crippen LogP contribution >= 0.6 is 0 Å². The number of aromatic amines is 1. The van der Waals surface area contributed by atoms with Crippen molar-refractivity contribution in [2.24, 2.45) is 0 Å². The number of benzene rings is 1. The third-order valence-corrected chi connectivity index (χ3v) is 4.66. The average molecular weight is 370 g/mol. The van der Waals surface area contributed by atoms with Gasteiger partial charge in [-0.05, 0) is 37.5 Å². The van der Waals surface area contributed by atoms with Crippen LogP contribution in [0.5, 0.6) is 5.75 Å². The number of hydrogen-bond acceptors (Lipinski definition) is 4. The molecule has 1 aromatic carbocycles. The first-order valence-corrected chi connectivity index (χ1v) is 9.36. The smallest absolute Gasteiger partial charge is 0.271 e. The summed E-state index contributed by atoms with van der Waals surface area (Å²) in [7, 11) is 0. The summed E-state index contributed by atoms with van der Waals surface area (Å²) in [4.78, 5) is 27.0. The minimum absolute atomic E-state index is 0.0800. The van der Waals surface area contributed by atoms with Gasteiger partial charge in [0.05, 0.1) is 17.9 Å². The molecule has 1 unspecified atom stereocenters. The summed E-state index contributed by atoms with van der Waals surface area (Å²) in [6, 6.07) is 8.91. The van der Waals surface area contributed by atoms with Gasteiger partial charge in [0, 0.05) is 19.1 Å². The molecule has 0 spiro atoms. The molecule has 2 aromatic rings. The van der Waals surface area contributed by atoms with Gasteiger partial charge < -0.3 is 15.0 Å². The monoisotopic (exact) mass is 370 g/mol. The molecule has 0 bridgehead atoms. The van der Waals surface area contributed by atoms with Gasteiger partial charge in [-0.1, -0.05) is 26.0 Å². The fourth-order valence-corrected chi connectivity index (χ4v) is 3.17. The van der Waals surface area contributed by atoms with Crippen LogP contribution in [0, 0.1) is 0 Å². The van der Waals surface area contributed by atoms with E-state index in [1.54, 1.807) is 23.1 Å². The summed E-state index contributed by atoms with van der Waals surface area (Å²) < 4.78 is 5.52. The van der Waals surface area contributed by atoms with Crippen LogP contribution in [0.25, 0.3) is 0 Å². The van der Waals surface area contributed by atoms with E-state index in [2.05, 4.69) is 15.5 Å². The second-order valence-electron chi connectivity index (χ2n) is 7.00. The molecule has 1 aliphatic rings. The van der Waals surface area contributed by atoms with Crippen LogP contribution in [-0.2, 0) is 0 Å². The number of H-pyrrole nitrogens is 1. The summed E-state index contributed by atoms with van der Waals surface area (Å²) >= 11 is 0. The van der Waals surface area contributed by atoms with Gasteiger partial charge in [-0.2, -0.15) is 5.10 Å². The molecular weight excluding hydrogens is 344 g/mol. The molecule has 2 N–H and O–H groups in total. The van der Waals surface area contributed by atoms with Crippen molar-refractivity contribution < 1.29 is 14.3 Å². The van der Waals surface area contributed by atoms with Gasteiger partial charge in [0.2, 0.25) is 0 Å². The van der Waals surface area contributed by atoms with Crippen LogP contribution < -0.4 is 10.1 Å². The van der Waals surface area contributed by atoms with Crippen molar-refractivity contribution in [1.82, 2.24) is 20.4 Å². The predicted molar refractivity (Wildman–Crippen MR) is 102 cm³/mol. The van der Waals surface area contributed by atoms with Crippen molar-refractivity contribution in [3.05, 3.63) is 47.3 Å². The first-order chi connectivity index (χ1) is 13.0. The molecule has 2 heterocycles. The predicted octanol–water partition coefficient (Wildman–Crippen LogP) is 2.58. The molecular formula is C20H26N4O3. The lowest BCUT2D eigenvalue weighted by atomic mass is 10.1. The van der Waals surface area contributed by atoms with Gasteiger partial charge in [0.1, 0.15) is 11.4 Å². The van der Waals surface area contributed by atoms with Gasteiger partial charge in [-0.25, -0.2) is 0 Å². The SMILES string of the molecule is CCOc1ccccc1C(=O)NC1CCN(C(=O)c2cc(C(C)C)n[nH]2)C1. The molecule has 2 amide bonds. The van der Waals surface area contributed by atoms with E-state index in [0.29, 0.717) is 36.7 Å². The van der Waals surface area contributed by atoms with E-state index < -0.39 is 0 Å². The molecule has 0 radical (unpaired) electrons. The normalized spacial score (nSPS) is 16.6. The van der Waals surface area contributed by atoms with Crippen molar-refractivity contribution in [3.8, 4) is 5.75 Å². The Morgan fingerprint density at radius 1 is 1.37 bits per heavy atom. The summed E-state index contributed by atoms with van der Waals surface area (Å²) in [5.41, 5.74) is 1.88. The lowest BCUT2D eigenvalue weighted by Crippen LogP contribution is -2.38. The van der Waals surface area contributed by atoms with Crippen LogP contribution in [0.1, 0.15) is 59.7 Å². The zero-order valence-electron chi connectivity index (χ0n) is 16.0. The van der Waals surface area contributed by atoms with Crippen molar-refractivity contribution in [2.45, 2.75) is 39.2 Å². The van der Waals surface area contributed by atoms with Crippen molar-refractivity contribution in [2.75, 3.05) is 19.7 Å². The Balaban J connectivity index is 1.61. The summed E-state index contributed by atoms with van der Waals surface area (Å²) in [5, 5.41) is 10.0. The maximum Gasteiger partial charge on any atom is 0.271 e. The minimum Gasteiger partial charge on any atom is -0.493 e. The first-order valence-electron chi connectivity index (χ1n) is 9.36. The van der Waals surface area contributed by atoms with E-state index in [9.17, 15) is 9.59 Å². The highest BCUT2D eigenvalue weighted by Crippen LogP contribution is 2.20. The molecule has 144 valence electrons. The van der Waals surface area contributed by atoms with Gasteiger partial charge in [0.15, 0.2) is 0 Å². The highest BCUT2D eigenvalue weighted by Gasteiger charge is 2.29. The standard InChI is InChI=1S/C20H26N4O3/c1-4-27-18-8-6-5-7-15(18)19(25)21-14-9-10-24(12-14)20(26)17-11-16(13(2)3)22-23-17/h5-8,11,13-14H,4,9-10,12H2,1-3H3,(H,21,25)(H,22,23). The van der Waals surface area contributed by atoms with E-state index in [1.165, 1.54) is 0 Å². The zero-order chi connectivity index (χ0) is 19.4. The van der Waals surface area contributed by atoms with Gasteiger partial charge in [-0.3, -0.25) is 14.7 Å². The number of aromatic nitrogens is 2. The second-order valence-corrected chi connectivity index (χ2v) is 7.00.